The molecular weight excluding hydrogens is 416 g/mol. The van der Waals surface area contributed by atoms with Gasteiger partial charge in [0, 0.05) is 45.9 Å². The highest BCUT2D eigenvalue weighted by Gasteiger charge is 2.11. The molecule has 0 atom stereocenters. The molecule has 0 saturated carbocycles. The quantitative estimate of drug-likeness (QED) is 0.608. The molecular formula is C27H38N2O4. The van der Waals surface area contributed by atoms with Crippen LogP contribution in [0.4, 0.5) is 0 Å². The first-order valence-corrected chi connectivity index (χ1v) is 12.3. The third kappa shape index (κ3) is 8.72. The molecule has 2 aromatic carbocycles. The van der Waals surface area contributed by atoms with Crippen molar-refractivity contribution in [2.24, 2.45) is 0 Å². The highest BCUT2D eigenvalue weighted by Crippen LogP contribution is 2.14. The number of hydrogen-bond acceptors (Lipinski definition) is 6. The van der Waals surface area contributed by atoms with Gasteiger partial charge in [-0.3, -0.25) is 9.80 Å². The fraction of sp³-hybridized carbons (Fsp3) is 0.556. The zero-order valence-corrected chi connectivity index (χ0v) is 19.8. The molecule has 1 fully saturated rings. The Kier molecular flexibility index (Phi) is 10.0. The van der Waals surface area contributed by atoms with Crippen LogP contribution in [-0.2, 0) is 33.7 Å². The van der Waals surface area contributed by atoms with Crippen LogP contribution in [0.2, 0.25) is 0 Å². The maximum absolute atomic E-state index is 6.01. The SMILES string of the molecule is c1cc2ccc1CCCOCCOc1ccc(cc1)CN1CCOCCN(CCOCC1)C2. The van der Waals surface area contributed by atoms with E-state index in [1.54, 1.807) is 0 Å². The number of nitrogens with zero attached hydrogens (tertiary/aromatic N) is 2. The van der Waals surface area contributed by atoms with E-state index in [-0.39, 0.29) is 0 Å². The number of hydrogen-bond donors (Lipinski definition) is 0. The van der Waals surface area contributed by atoms with E-state index in [0.717, 1.165) is 90.9 Å². The number of ether oxygens (including phenoxy) is 4. The van der Waals surface area contributed by atoms with Gasteiger partial charge in [-0.05, 0) is 41.7 Å². The van der Waals surface area contributed by atoms with E-state index in [2.05, 4.69) is 58.3 Å². The number of rotatable bonds is 0. The summed E-state index contributed by atoms with van der Waals surface area (Å²) in [6, 6.07) is 17.4. The predicted molar refractivity (Wildman–Crippen MR) is 130 cm³/mol. The van der Waals surface area contributed by atoms with E-state index < -0.39 is 0 Å². The summed E-state index contributed by atoms with van der Waals surface area (Å²) < 4.78 is 23.6. The van der Waals surface area contributed by atoms with Crippen molar-refractivity contribution in [3.63, 3.8) is 0 Å². The fourth-order valence-corrected chi connectivity index (χ4v) is 4.24. The zero-order valence-electron chi connectivity index (χ0n) is 19.8. The van der Waals surface area contributed by atoms with Gasteiger partial charge in [0.2, 0.25) is 0 Å². The molecule has 0 aromatic heterocycles. The molecule has 0 spiro atoms. The van der Waals surface area contributed by atoms with Gasteiger partial charge in [-0.1, -0.05) is 36.4 Å². The Morgan fingerprint density at radius 3 is 1.55 bits per heavy atom. The molecule has 180 valence electrons. The highest BCUT2D eigenvalue weighted by molar-refractivity contribution is 5.27. The Balaban J connectivity index is 1.41. The van der Waals surface area contributed by atoms with Gasteiger partial charge in [-0.15, -0.1) is 0 Å². The van der Waals surface area contributed by atoms with Crippen molar-refractivity contribution in [2.75, 3.05) is 72.4 Å². The first-order chi connectivity index (χ1) is 16.3. The fourth-order valence-electron chi connectivity index (χ4n) is 4.24. The molecule has 0 radical (unpaired) electrons. The van der Waals surface area contributed by atoms with Crippen LogP contribution in [-0.4, -0.2) is 82.2 Å². The third-order valence-electron chi connectivity index (χ3n) is 6.22. The molecule has 6 heterocycles. The van der Waals surface area contributed by atoms with Crippen LogP contribution in [0.25, 0.3) is 0 Å². The Morgan fingerprint density at radius 1 is 0.485 bits per heavy atom. The van der Waals surface area contributed by atoms with Gasteiger partial charge in [0.1, 0.15) is 12.4 Å². The first-order valence-electron chi connectivity index (χ1n) is 12.3. The summed E-state index contributed by atoms with van der Waals surface area (Å²) in [6.45, 7) is 10.4. The molecule has 6 aliphatic rings. The second-order valence-electron chi connectivity index (χ2n) is 8.80. The Labute approximate surface area is 198 Å². The van der Waals surface area contributed by atoms with Crippen LogP contribution in [0.1, 0.15) is 23.1 Å². The van der Waals surface area contributed by atoms with Crippen LogP contribution >= 0.6 is 0 Å². The molecule has 0 unspecified atom stereocenters. The lowest BCUT2D eigenvalue weighted by atomic mass is 10.1. The lowest BCUT2D eigenvalue weighted by Crippen LogP contribution is -2.35. The number of benzene rings is 2. The van der Waals surface area contributed by atoms with E-state index in [4.69, 9.17) is 18.9 Å². The molecule has 8 rings (SSSR count). The topological polar surface area (TPSA) is 43.4 Å². The summed E-state index contributed by atoms with van der Waals surface area (Å²) >= 11 is 0. The Hall–Kier alpha value is -1.96. The van der Waals surface area contributed by atoms with Crippen molar-refractivity contribution in [3.8, 4) is 5.75 Å². The smallest absolute Gasteiger partial charge is 0.119 e. The molecule has 1 saturated heterocycles. The van der Waals surface area contributed by atoms with Crippen LogP contribution in [0.15, 0.2) is 48.5 Å². The van der Waals surface area contributed by atoms with Gasteiger partial charge in [0.25, 0.3) is 0 Å². The normalized spacial score (nSPS) is 24.2. The molecule has 0 amide bonds. The summed E-state index contributed by atoms with van der Waals surface area (Å²) in [4.78, 5) is 4.84. The van der Waals surface area contributed by atoms with Crippen molar-refractivity contribution in [1.82, 2.24) is 9.80 Å². The van der Waals surface area contributed by atoms with Crippen molar-refractivity contribution < 1.29 is 18.9 Å². The Morgan fingerprint density at radius 2 is 0.970 bits per heavy atom. The minimum Gasteiger partial charge on any atom is -0.491 e. The lowest BCUT2D eigenvalue weighted by molar-refractivity contribution is 0.0342. The first kappa shape index (κ1) is 24.2. The lowest BCUT2D eigenvalue weighted by Gasteiger charge is -2.26. The van der Waals surface area contributed by atoms with Gasteiger partial charge < -0.3 is 18.9 Å². The summed E-state index contributed by atoms with van der Waals surface area (Å²) in [7, 11) is 0. The summed E-state index contributed by atoms with van der Waals surface area (Å²) in [6.07, 6.45) is 2.05. The molecule has 6 heteroatoms. The summed E-state index contributed by atoms with van der Waals surface area (Å²) in [5, 5.41) is 0. The van der Waals surface area contributed by atoms with Crippen molar-refractivity contribution in [2.45, 2.75) is 25.9 Å². The van der Waals surface area contributed by atoms with Gasteiger partial charge in [0.05, 0.1) is 33.0 Å². The highest BCUT2D eigenvalue weighted by atomic mass is 16.5. The van der Waals surface area contributed by atoms with Crippen molar-refractivity contribution in [1.29, 1.82) is 0 Å². The molecule has 6 aliphatic heterocycles. The van der Waals surface area contributed by atoms with Crippen molar-refractivity contribution >= 4 is 0 Å². The minimum atomic E-state index is 0.575. The van der Waals surface area contributed by atoms with E-state index in [1.165, 1.54) is 16.7 Å². The van der Waals surface area contributed by atoms with Gasteiger partial charge >= 0.3 is 0 Å². The monoisotopic (exact) mass is 454 g/mol. The van der Waals surface area contributed by atoms with E-state index in [1.807, 2.05) is 0 Å². The maximum atomic E-state index is 6.01. The van der Waals surface area contributed by atoms with Gasteiger partial charge in [-0.25, -0.2) is 0 Å². The van der Waals surface area contributed by atoms with Crippen LogP contribution in [0.5, 0.6) is 5.75 Å². The molecule has 33 heavy (non-hydrogen) atoms. The number of fused-ring (bicyclic) bond motifs is 4. The molecule has 6 nitrogen and oxygen atoms in total. The second kappa shape index (κ2) is 13.7. The summed E-state index contributed by atoms with van der Waals surface area (Å²) in [5.74, 6) is 0.891. The standard InChI is InChI=1S/C27H38N2O4/c1-2-24-3-5-25(6-4-24)22-28-11-16-31-18-13-29(14-19-32-17-12-28)23-26-7-9-27(10-8-26)33-21-20-30-15-1/h3-10H,1-2,11-23H2. The van der Waals surface area contributed by atoms with E-state index in [9.17, 15) is 0 Å². The molecule has 2 aromatic rings. The average Bonchev–Trinajstić information content (AvgIpc) is 2.83. The van der Waals surface area contributed by atoms with Crippen LogP contribution in [0.3, 0.4) is 0 Å². The third-order valence-corrected chi connectivity index (χ3v) is 6.22. The second-order valence-corrected chi connectivity index (χ2v) is 8.80. The van der Waals surface area contributed by atoms with Crippen LogP contribution in [0, 0.1) is 0 Å². The predicted octanol–water partition coefficient (Wildman–Crippen LogP) is 3.38. The number of aryl methyl sites for hydroxylation is 1. The van der Waals surface area contributed by atoms with Gasteiger partial charge in [0.15, 0.2) is 0 Å². The van der Waals surface area contributed by atoms with E-state index >= 15 is 0 Å². The minimum absolute atomic E-state index is 0.575. The zero-order chi connectivity index (χ0) is 22.6. The van der Waals surface area contributed by atoms with Gasteiger partial charge in [-0.2, -0.15) is 0 Å². The molecule has 0 aliphatic carbocycles. The van der Waals surface area contributed by atoms with E-state index in [0.29, 0.717) is 13.2 Å². The molecule has 0 N–H and O–H groups in total. The summed E-state index contributed by atoms with van der Waals surface area (Å²) in [5.41, 5.74) is 3.97. The molecule has 6 bridgehead atoms. The van der Waals surface area contributed by atoms with Crippen molar-refractivity contribution in [3.05, 3.63) is 65.2 Å². The largest absolute Gasteiger partial charge is 0.491 e. The Bertz CT molecular complexity index is 717. The maximum Gasteiger partial charge on any atom is 0.119 e. The van der Waals surface area contributed by atoms with Crippen LogP contribution < -0.4 is 4.74 Å². The average molecular weight is 455 g/mol.